The van der Waals surface area contributed by atoms with E-state index in [2.05, 4.69) is 5.32 Å². The summed E-state index contributed by atoms with van der Waals surface area (Å²) in [5.41, 5.74) is 1.13. The Labute approximate surface area is 123 Å². The van der Waals surface area contributed by atoms with Crippen molar-refractivity contribution in [2.24, 2.45) is 0 Å². The van der Waals surface area contributed by atoms with E-state index in [1.54, 1.807) is 0 Å². The van der Waals surface area contributed by atoms with Gasteiger partial charge in [-0.05, 0) is 38.4 Å². The molecular weight excluding hydrogens is 283 g/mol. The molecule has 0 aromatic heterocycles. The molecule has 1 unspecified atom stereocenters. The summed E-state index contributed by atoms with van der Waals surface area (Å²) >= 11 is 0. The molecular formula is C15H22F3NO2. The van der Waals surface area contributed by atoms with Gasteiger partial charge in [0.25, 0.3) is 0 Å². The van der Waals surface area contributed by atoms with E-state index in [0.29, 0.717) is 25.3 Å². The van der Waals surface area contributed by atoms with Crippen LogP contribution in [-0.4, -0.2) is 37.1 Å². The fourth-order valence-electron chi connectivity index (χ4n) is 1.73. The normalized spacial score (nSPS) is 13.2. The lowest BCUT2D eigenvalue weighted by atomic mass is 10.2. The zero-order valence-corrected chi connectivity index (χ0v) is 12.1. The van der Waals surface area contributed by atoms with Gasteiger partial charge < -0.3 is 15.2 Å². The molecule has 21 heavy (non-hydrogen) atoms. The average molecular weight is 305 g/mol. The molecule has 0 aliphatic rings. The molecule has 0 fully saturated rings. The molecule has 120 valence electrons. The highest BCUT2D eigenvalue weighted by Crippen LogP contribution is 2.21. The van der Waals surface area contributed by atoms with E-state index in [9.17, 15) is 18.3 Å². The third kappa shape index (κ3) is 9.31. The summed E-state index contributed by atoms with van der Waals surface area (Å²) in [5.74, 6) is 0.685. The molecule has 0 saturated carbocycles. The smallest absolute Gasteiger partial charge is 0.389 e. The lowest BCUT2D eigenvalue weighted by molar-refractivity contribution is -0.135. The number of nitrogens with one attached hydrogen (secondary N) is 1. The summed E-state index contributed by atoms with van der Waals surface area (Å²) < 4.78 is 41.1. The molecule has 2 N–H and O–H groups in total. The molecule has 1 rings (SSSR count). The van der Waals surface area contributed by atoms with Crippen molar-refractivity contribution < 1.29 is 23.0 Å². The summed E-state index contributed by atoms with van der Waals surface area (Å²) in [6.07, 6.45) is -4.99. The molecule has 6 heteroatoms. The van der Waals surface area contributed by atoms with Crippen LogP contribution >= 0.6 is 0 Å². The van der Waals surface area contributed by atoms with Crippen LogP contribution in [0.25, 0.3) is 0 Å². The van der Waals surface area contributed by atoms with Gasteiger partial charge in [-0.2, -0.15) is 13.2 Å². The van der Waals surface area contributed by atoms with Crippen LogP contribution in [0.5, 0.6) is 5.75 Å². The van der Waals surface area contributed by atoms with Crippen molar-refractivity contribution >= 4 is 0 Å². The van der Waals surface area contributed by atoms with Gasteiger partial charge >= 0.3 is 6.18 Å². The Kier molecular flexibility index (Phi) is 7.53. The minimum Gasteiger partial charge on any atom is -0.491 e. The average Bonchev–Trinajstić information content (AvgIpc) is 2.41. The Morgan fingerprint density at radius 3 is 2.48 bits per heavy atom. The highest BCUT2D eigenvalue weighted by molar-refractivity contribution is 5.26. The number of rotatable bonds is 9. The molecule has 0 bridgehead atoms. The number of hydrogen-bond acceptors (Lipinski definition) is 3. The zero-order valence-electron chi connectivity index (χ0n) is 12.1. The van der Waals surface area contributed by atoms with Gasteiger partial charge in [-0.25, -0.2) is 0 Å². The van der Waals surface area contributed by atoms with Gasteiger partial charge in [0, 0.05) is 13.0 Å². The molecule has 1 aromatic carbocycles. The molecule has 0 aliphatic carbocycles. The second kappa shape index (κ2) is 8.89. The van der Waals surface area contributed by atoms with Crippen molar-refractivity contribution in [1.29, 1.82) is 0 Å². The summed E-state index contributed by atoms with van der Waals surface area (Å²) in [4.78, 5) is 0. The lowest BCUT2D eigenvalue weighted by Crippen LogP contribution is -2.32. The fourth-order valence-corrected chi connectivity index (χ4v) is 1.73. The number of aryl methyl sites for hydroxylation is 1. The number of benzene rings is 1. The van der Waals surface area contributed by atoms with E-state index < -0.39 is 18.7 Å². The minimum atomic E-state index is -4.08. The van der Waals surface area contributed by atoms with Gasteiger partial charge in [0.1, 0.15) is 18.5 Å². The standard InChI is InChI=1S/C15H22F3NO2/c1-12-4-6-14(7-5-12)21-11-13(20)10-19-9-3-2-8-15(16,17)18/h4-7,13,19-20H,2-3,8-11H2,1H3. The van der Waals surface area contributed by atoms with E-state index in [-0.39, 0.29) is 13.0 Å². The molecule has 0 aliphatic heterocycles. The van der Waals surface area contributed by atoms with Crippen molar-refractivity contribution in [3.63, 3.8) is 0 Å². The predicted molar refractivity (Wildman–Crippen MR) is 75.5 cm³/mol. The van der Waals surface area contributed by atoms with Gasteiger partial charge in [-0.15, -0.1) is 0 Å². The van der Waals surface area contributed by atoms with Crippen LogP contribution in [0.2, 0.25) is 0 Å². The quantitative estimate of drug-likeness (QED) is 0.689. The van der Waals surface area contributed by atoms with Crippen molar-refractivity contribution in [3.05, 3.63) is 29.8 Å². The molecule has 0 radical (unpaired) electrons. The Hall–Kier alpha value is -1.27. The predicted octanol–water partition coefficient (Wildman–Crippen LogP) is 3.06. The van der Waals surface area contributed by atoms with Crippen LogP contribution in [0.3, 0.4) is 0 Å². The van der Waals surface area contributed by atoms with Crippen LogP contribution in [0.4, 0.5) is 13.2 Å². The van der Waals surface area contributed by atoms with Crippen molar-refractivity contribution in [2.75, 3.05) is 19.7 Å². The van der Waals surface area contributed by atoms with Gasteiger partial charge in [-0.3, -0.25) is 0 Å². The Morgan fingerprint density at radius 2 is 1.86 bits per heavy atom. The first kappa shape index (κ1) is 17.8. The van der Waals surface area contributed by atoms with E-state index >= 15 is 0 Å². The van der Waals surface area contributed by atoms with Crippen LogP contribution in [0.15, 0.2) is 24.3 Å². The lowest BCUT2D eigenvalue weighted by Gasteiger charge is -2.13. The maximum Gasteiger partial charge on any atom is 0.389 e. The van der Waals surface area contributed by atoms with Gasteiger partial charge in [0.2, 0.25) is 0 Å². The number of halogens is 3. The third-order valence-corrected chi connectivity index (χ3v) is 2.91. The van der Waals surface area contributed by atoms with E-state index in [1.165, 1.54) is 0 Å². The number of hydrogen-bond donors (Lipinski definition) is 2. The van der Waals surface area contributed by atoms with Gasteiger partial charge in [0.05, 0.1) is 0 Å². The number of ether oxygens (including phenoxy) is 1. The Bertz CT molecular complexity index is 393. The van der Waals surface area contributed by atoms with Gasteiger partial charge in [0.15, 0.2) is 0 Å². The fraction of sp³-hybridized carbons (Fsp3) is 0.600. The van der Waals surface area contributed by atoms with Crippen LogP contribution in [-0.2, 0) is 0 Å². The highest BCUT2D eigenvalue weighted by Gasteiger charge is 2.25. The second-order valence-electron chi connectivity index (χ2n) is 5.05. The number of alkyl halides is 3. The molecule has 0 heterocycles. The SMILES string of the molecule is Cc1ccc(OCC(O)CNCCCCC(F)(F)F)cc1. The molecule has 0 saturated heterocycles. The van der Waals surface area contributed by atoms with E-state index in [0.717, 1.165) is 5.56 Å². The summed E-state index contributed by atoms with van der Waals surface area (Å²) in [7, 11) is 0. The number of unbranched alkanes of at least 4 members (excludes halogenated alkanes) is 1. The minimum absolute atomic E-state index is 0.104. The summed E-state index contributed by atoms with van der Waals surface area (Å²) in [5, 5.41) is 12.6. The third-order valence-electron chi connectivity index (χ3n) is 2.91. The second-order valence-corrected chi connectivity index (χ2v) is 5.05. The number of aliphatic hydroxyl groups is 1. The number of aliphatic hydroxyl groups excluding tert-OH is 1. The molecule has 3 nitrogen and oxygen atoms in total. The molecule has 0 amide bonds. The van der Waals surface area contributed by atoms with Crippen molar-refractivity contribution in [2.45, 2.75) is 38.5 Å². The molecule has 0 spiro atoms. The monoisotopic (exact) mass is 305 g/mol. The van der Waals surface area contributed by atoms with Crippen molar-refractivity contribution in [3.8, 4) is 5.75 Å². The first-order chi connectivity index (χ1) is 9.87. The van der Waals surface area contributed by atoms with Gasteiger partial charge in [-0.1, -0.05) is 17.7 Å². The van der Waals surface area contributed by atoms with E-state index in [4.69, 9.17) is 4.74 Å². The Balaban J connectivity index is 2.03. The maximum absolute atomic E-state index is 11.9. The molecule has 1 atom stereocenters. The Morgan fingerprint density at radius 1 is 1.19 bits per heavy atom. The molecule has 1 aromatic rings. The summed E-state index contributed by atoms with van der Waals surface area (Å²) in [6.45, 7) is 2.88. The van der Waals surface area contributed by atoms with Crippen LogP contribution in [0, 0.1) is 6.92 Å². The maximum atomic E-state index is 11.9. The highest BCUT2D eigenvalue weighted by atomic mass is 19.4. The van der Waals surface area contributed by atoms with E-state index in [1.807, 2.05) is 31.2 Å². The largest absolute Gasteiger partial charge is 0.491 e. The summed E-state index contributed by atoms with van der Waals surface area (Å²) in [6, 6.07) is 7.49. The topological polar surface area (TPSA) is 41.5 Å². The van der Waals surface area contributed by atoms with Crippen molar-refractivity contribution in [1.82, 2.24) is 5.32 Å². The first-order valence-electron chi connectivity index (χ1n) is 7.02. The van der Waals surface area contributed by atoms with Crippen LogP contribution in [0.1, 0.15) is 24.8 Å². The first-order valence-corrected chi connectivity index (χ1v) is 7.02. The zero-order chi connectivity index (χ0) is 15.7. The van der Waals surface area contributed by atoms with Crippen LogP contribution < -0.4 is 10.1 Å².